The fraction of sp³-hybridized carbons (Fsp3) is 0.517. The number of anilines is 1. The molecule has 0 atom stereocenters. The molecule has 2 aliphatic heterocycles. The van der Waals surface area contributed by atoms with E-state index in [0.717, 1.165) is 74.1 Å². The van der Waals surface area contributed by atoms with Gasteiger partial charge >= 0.3 is 0 Å². The van der Waals surface area contributed by atoms with Crippen LogP contribution in [0.3, 0.4) is 0 Å². The number of nitrogens with zero attached hydrogens (tertiary/aromatic N) is 4. The van der Waals surface area contributed by atoms with Crippen LogP contribution >= 0.6 is 0 Å². The first-order valence-corrected chi connectivity index (χ1v) is 13.2. The molecule has 0 radical (unpaired) electrons. The Balaban J connectivity index is 1.65. The largest absolute Gasteiger partial charge is 0.481 e. The Morgan fingerprint density at radius 3 is 2.64 bits per heavy atom. The van der Waals surface area contributed by atoms with E-state index >= 15 is 0 Å². The van der Waals surface area contributed by atoms with E-state index in [-0.39, 0.29) is 5.91 Å². The second-order valence-electron chi connectivity index (χ2n) is 9.93. The first kappa shape index (κ1) is 26.2. The Bertz CT molecular complexity index is 1090. The van der Waals surface area contributed by atoms with Gasteiger partial charge in [-0.25, -0.2) is 15.0 Å². The summed E-state index contributed by atoms with van der Waals surface area (Å²) in [5.74, 6) is 0.550. The van der Waals surface area contributed by atoms with Crippen LogP contribution < -0.4 is 15.0 Å². The maximum absolute atomic E-state index is 13.5. The average molecular weight is 492 g/mol. The number of aryl methyl sites for hydroxylation is 2. The van der Waals surface area contributed by atoms with Gasteiger partial charge in [0.2, 0.25) is 5.88 Å². The molecule has 0 spiro atoms. The van der Waals surface area contributed by atoms with Gasteiger partial charge in [-0.3, -0.25) is 4.79 Å². The molecule has 4 rings (SSSR count). The summed E-state index contributed by atoms with van der Waals surface area (Å²) >= 11 is 0. The van der Waals surface area contributed by atoms with Crippen molar-refractivity contribution in [2.45, 2.75) is 58.5 Å². The number of ether oxygens (including phenoxy) is 1. The van der Waals surface area contributed by atoms with Crippen LogP contribution in [0.1, 0.15) is 58.9 Å². The highest BCUT2D eigenvalue weighted by Crippen LogP contribution is 2.31. The quantitative estimate of drug-likeness (QED) is 0.635. The standard InChI is InChI=1S/C29H41N5O2/c1-6-34(23-15-17-33(18-16-23)32(3)4)27-14-10-13-25-24(27)12-9-7-8-11-22-19-21(2)31-29(36-5)26(22)20-30-28(25)35/h7,9-10,13-14,19,23H,6,8,11-12,15-18,20H2,1-5H3,(H,30,35)/b9-7+. The molecule has 0 unspecified atom stereocenters. The number of carbonyl (C=O) groups excluding carboxylic acids is 1. The normalized spacial score (nSPS) is 18.4. The Morgan fingerprint density at radius 1 is 1.17 bits per heavy atom. The predicted molar refractivity (Wildman–Crippen MR) is 146 cm³/mol. The maximum Gasteiger partial charge on any atom is 0.251 e. The van der Waals surface area contributed by atoms with E-state index in [1.807, 2.05) is 19.1 Å². The van der Waals surface area contributed by atoms with E-state index in [9.17, 15) is 4.79 Å². The van der Waals surface area contributed by atoms with Crippen LogP contribution in [-0.2, 0) is 19.4 Å². The zero-order valence-electron chi connectivity index (χ0n) is 22.5. The van der Waals surface area contributed by atoms with E-state index in [1.165, 1.54) is 11.3 Å². The number of methoxy groups -OCH3 is 1. The van der Waals surface area contributed by atoms with E-state index in [0.29, 0.717) is 18.5 Å². The number of nitrogens with one attached hydrogen (secondary N) is 1. The topological polar surface area (TPSA) is 60.9 Å². The van der Waals surface area contributed by atoms with Crippen molar-refractivity contribution in [3.05, 3.63) is 64.4 Å². The van der Waals surface area contributed by atoms with Crippen LogP contribution in [0, 0.1) is 6.92 Å². The van der Waals surface area contributed by atoms with Gasteiger partial charge in [0.1, 0.15) is 0 Å². The number of hydrogen-bond acceptors (Lipinski definition) is 6. The highest BCUT2D eigenvalue weighted by Gasteiger charge is 2.27. The number of rotatable bonds is 5. The van der Waals surface area contributed by atoms with Crippen molar-refractivity contribution in [1.82, 2.24) is 20.3 Å². The molecule has 0 saturated carbocycles. The second-order valence-corrected chi connectivity index (χ2v) is 9.93. The Kier molecular flexibility index (Phi) is 8.64. The van der Waals surface area contributed by atoms with Gasteiger partial charge in [0, 0.05) is 68.8 Å². The minimum atomic E-state index is -0.0483. The number of pyridine rings is 1. The molecule has 3 heterocycles. The molecule has 2 aliphatic rings. The monoisotopic (exact) mass is 491 g/mol. The zero-order chi connectivity index (χ0) is 25.7. The van der Waals surface area contributed by atoms with Crippen LogP contribution in [-0.4, -0.2) is 67.8 Å². The van der Waals surface area contributed by atoms with Crippen LogP contribution in [0.2, 0.25) is 0 Å². The third-order valence-corrected chi connectivity index (χ3v) is 7.49. The lowest BCUT2D eigenvalue weighted by Gasteiger charge is -2.42. The lowest BCUT2D eigenvalue weighted by atomic mass is 9.96. The third-order valence-electron chi connectivity index (χ3n) is 7.49. The summed E-state index contributed by atoms with van der Waals surface area (Å²) in [4.78, 5) is 20.6. The van der Waals surface area contributed by atoms with Gasteiger partial charge in [-0.15, -0.1) is 0 Å². The van der Waals surface area contributed by atoms with E-state index in [1.54, 1.807) is 7.11 Å². The summed E-state index contributed by atoms with van der Waals surface area (Å²) in [6, 6.07) is 8.76. The van der Waals surface area contributed by atoms with Gasteiger partial charge in [-0.2, -0.15) is 0 Å². The maximum atomic E-state index is 13.5. The summed E-state index contributed by atoms with van der Waals surface area (Å²) in [6.07, 6.45) is 9.27. The summed E-state index contributed by atoms with van der Waals surface area (Å²) in [6.45, 7) is 7.63. The summed E-state index contributed by atoms with van der Waals surface area (Å²) in [7, 11) is 5.87. The number of fused-ring (bicyclic) bond motifs is 2. The number of allylic oxidation sites excluding steroid dienone is 2. The molecule has 1 saturated heterocycles. The molecular formula is C29H41N5O2. The Hall–Kier alpha value is -2.90. The van der Waals surface area contributed by atoms with Gasteiger partial charge < -0.3 is 15.0 Å². The molecule has 2 aromatic rings. The number of benzene rings is 1. The lowest BCUT2D eigenvalue weighted by Crippen LogP contribution is -2.49. The first-order chi connectivity index (χ1) is 17.4. The fourth-order valence-corrected chi connectivity index (χ4v) is 5.60. The molecule has 0 aliphatic carbocycles. The van der Waals surface area contributed by atoms with Crippen LogP contribution in [0.25, 0.3) is 0 Å². The molecule has 7 nitrogen and oxygen atoms in total. The van der Waals surface area contributed by atoms with Gasteiger partial charge in [0.15, 0.2) is 0 Å². The van der Waals surface area contributed by atoms with Crippen molar-refractivity contribution in [3.63, 3.8) is 0 Å². The predicted octanol–water partition coefficient (Wildman–Crippen LogP) is 4.14. The SMILES string of the molecule is CCN(c1cccc2c1C/C=C/CCc1cc(C)nc(OC)c1CNC2=O)C1CCN(N(C)C)CC1. The minimum Gasteiger partial charge on any atom is -0.481 e. The number of aromatic nitrogens is 1. The van der Waals surface area contributed by atoms with Crippen molar-refractivity contribution in [3.8, 4) is 5.88 Å². The Labute approximate surface area is 216 Å². The number of carbonyl (C=O) groups is 1. The highest BCUT2D eigenvalue weighted by atomic mass is 16.5. The third kappa shape index (κ3) is 5.73. The van der Waals surface area contributed by atoms with Crippen LogP contribution in [0.5, 0.6) is 5.88 Å². The molecule has 1 aromatic heterocycles. The average Bonchev–Trinajstić information content (AvgIpc) is 2.87. The van der Waals surface area contributed by atoms with Crippen molar-refractivity contribution in [2.24, 2.45) is 0 Å². The number of amides is 1. The van der Waals surface area contributed by atoms with E-state index < -0.39 is 0 Å². The van der Waals surface area contributed by atoms with E-state index in [4.69, 9.17) is 4.74 Å². The van der Waals surface area contributed by atoms with Crippen LogP contribution in [0.4, 0.5) is 5.69 Å². The van der Waals surface area contributed by atoms with Gasteiger partial charge in [0.05, 0.1) is 7.11 Å². The molecule has 194 valence electrons. The molecule has 1 N–H and O–H groups in total. The van der Waals surface area contributed by atoms with Crippen molar-refractivity contribution in [1.29, 1.82) is 0 Å². The molecule has 0 bridgehead atoms. The number of hydrazine groups is 1. The summed E-state index contributed by atoms with van der Waals surface area (Å²) in [5.41, 5.74) is 6.12. The zero-order valence-corrected chi connectivity index (χ0v) is 22.5. The second kappa shape index (κ2) is 11.9. The molecule has 1 fully saturated rings. The molecule has 1 amide bonds. The number of hydrogen-bond donors (Lipinski definition) is 1. The first-order valence-electron chi connectivity index (χ1n) is 13.2. The van der Waals surface area contributed by atoms with Crippen molar-refractivity contribution < 1.29 is 9.53 Å². The molecule has 36 heavy (non-hydrogen) atoms. The fourth-order valence-electron chi connectivity index (χ4n) is 5.60. The molecule has 7 heteroatoms. The summed E-state index contributed by atoms with van der Waals surface area (Å²) in [5, 5.41) is 7.77. The summed E-state index contributed by atoms with van der Waals surface area (Å²) < 4.78 is 5.58. The number of piperidine rings is 1. The van der Waals surface area contributed by atoms with Gasteiger partial charge in [-0.1, -0.05) is 18.2 Å². The van der Waals surface area contributed by atoms with Crippen molar-refractivity contribution >= 4 is 11.6 Å². The smallest absolute Gasteiger partial charge is 0.251 e. The highest BCUT2D eigenvalue weighted by molar-refractivity contribution is 5.97. The van der Waals surface area contributed by atoms with Gasteiger partial charge in [0.25, 0.3) is 5.91 Å². The van der Waals surface area contributed by atoms with Crippen molar-refractivity contribution in [2.75, 3.05) is 45.7 Å². The van der Waals surface area contributed by atoms with E-state index in [2.05, 4.69) is 70.5 Å². The Morgan fingerprint density at radius 2 is 1.94 bits per heavy atom. The minimum absolute atomic E-state index is 0.0483. The molecular weight excluding hydrogens is 450 g/mol. The molecule has 1 aromatic carbocycles. The lowest BCUT2D eigenvalue weighted by molar-refractivity contribution is 0.00235. The van der Waals surface area contributed by atoms with Crippen LogP contribution in [0.15, 0.2) is 36.4 Å². The van der Waals surface area contributed by atoms with Gasteiger partial charge in [-0.05, 0) is 75.3 Å².